The lowest BCUT2D eigenvalue weighted by atomic mass is 9.89. The van der Waals surface area contributed by atoms with Crippen LogP contribution in [-0.4, -0.2) is 29.6 Å². The van der Waals surface area contributed by atoms with Crippen molar-refractivity contribution in [3.63, 3.8) is 0 Å². The highest BCUT2D eigenvalue weighted by Gasteiger charge is 2.33. The van der Waals surface area contributed by atoms with Crippen molar-refractivity contribution in [2.24, 2.45) is 11.7 Å². The maximum Gasteiger partial charge on any atom is 0.311 e. The minimum absolute atomic E-state index is 0.125. The molecule has 2 atom stereocenters. The lowest BCUT2D eigenvalue weighted by molar-refractivity contribution is -0.139. The predicted molar refractivity (Wildman–Crippen MR) is 81.2 cm³/mol. The van der Waals surface area contributed by atoms with Gasteiger partial charge in [0.25, 0.3) is 0 Å². The molecule has 0 saturated carbocycles. The van der Waals surface area contributed by atoms with Crippen LogP contribution in [0.3, 0.4) is 0 Å². The Bertz CT molecular complexity index is 542. The number of amides is 1. The molecule has 3 N–H and O–H groups in total. The fraction of sp³-hybridized carbons (Fsp3) is 0.500. The first kappa shape index (κ1) is 15.5. The van der Waals surface area contributed by atoms with Crippen LogP contribution in [0.5, 0.6) is 0 Å². The molecule has 0 fully saturated rings. The van der Waals surface area contributed by atoms with Gasteiger partial charge in [0.2, 0.25) is 5.91 Å². The van der Waals surface area contributed by atoms with E-state index in [4.69, 9.17) is 5.73 Å². The number of carbonyl (C=O) groups is 2. The standard InChI is InChI=1S/C16H22N2O3/c1-10(2)9-13(17)15(19)18-8-7-12(16(20)21)11-5-3-4-6-14(11)18/h3-6,10,12-13H,7-9,17H2,1-2H3,(H,20,21)/t12?,13-/m0/s1. The third-order valence-corrected chi connectivity index (χ3v) is 3.85. The molecule has 1 aliphatic rings. The van der Waals surface area contributed by atoms with Gasteiger partial charge in [-0.25, -0.2) is 0 Å². The van der Waals surface area contributed by atoms with Gasteiger partial charge in [-0.15, -0.1) is 0 Å². The fourth-order valence-corrected chi connectivity index (χ4v) is 2.86. The summed E-state index contributed by atoms with van der Waals surface area (Å²) in [4.78, 5) is 25.5. The minimum Gasteiger partial charge on any atom is -0.481 e. The van der Waals surface area contributed by atoms with Crippen molar-refractivity contribution in [2.75, 3.05) is 11.4 Å². The molecule has 1 heterocycles. The Labute approximate surface area is 124 Å². The summed E-state index contributed by atoms with van der Waals surface area (Å²) in [5.74, 6) is -1.18. The number of para-hydroxylation sites is 1. The van der Waals surface area contributed by atoms with E-state index < -0.39 is 17.9 Å². The Kier molecular flexibility index (Phi) is 4.63. The van der Waals surface area contributed by atoms with Crippen molar-refractivity contribution in [1.82, 2.24) is 0 Å². The van der Waals surface area contributed by atoms with Gasteiger partial charge in [-0.3, -0.25) is 9.59 Å². The number of hydrogen-bond acceptors (Lipinski definition) is 3. The Morgan fingerprint density at radius 2 is 2.05 bits per heavy atom. The smallest absolute Gasteiger partial charge is 0.311 e. The number of carboxylic acids is 1. The molecule has 1 aliphatic heterocycles. The van der Waals surface area contributed by atoms with Crippen LogP contribution < -0.4 is 10.6 Å². The van der Waals surface area contributed by atoms with E-state index in [-0.39, 0.29) is 5.91 Å². The summed E-state index contributed by atoms with van der Waals surface area (Å²) in [5, 5.41) is 9.31. The molecular weight excluding hydrogens is 268 g/mol. The second kappa shape index (κ2) is 6.26. The zero-order valence-electron chi connectivity index (χ0n) is 12.5. The Hall–Kier alpha value is -1.88. The summed E-state index contributed by atoms with van der Waals surface area (Å²) in [6, 6.07) is 6.65. The van der Waals surface area contributed by atoms with Gasteiger partial charge in [0, 0.05) is 12.2 Å². The van der Waals surface area contributed by atoms with Crippen molar-refractivity contribution < 1.29 is 14.7 Å². The van der Waals surface area contributed by atoms with Crippen LogP contribution in [0.25, 0.3) is 0 Å². The average molecular weight is 290 g/mol. The van der Waals surface area contributed by atoms with Gasteiger partial charge in [0.05, 0.1) is 12.0 Å². The van der Waals surface area contributed by atoms with E-state index in [1.807, 2.05) is 19.9 Å². The third kappa shape index (κ3) is 3.24. The first-order chi connectivity index (χ1) is 9.91. The van der Waals surface area contributed by atoms with Crippen molar-refractivity contribution in [1.29, 1.82) is 0 Å². The number of nitrogens with two attached hydrogens (primary N) is 1. The highest BCUT2D eigenvalue weighted by molar-refractivity contribution is 5.99. The molecule has 0 aromatic heterocycles. The average Bonchev–Trinajstić information content (AvgIpc) is 2.44. The maximum absolute atomic E-state index is 12.5. The van der Waals surface area contributed by atoms with E-state index >= 15 is 0 Å². The predicted octanol–water partition coefficient (Wildman–Crippen LogP) is 1.96. The summed E-state index contributed by atoms with van der Waals surface area (Å²) in [7, 11) is 0. The number of carboxylic acid groups (broad SMARTS) is 1. The largest absolute Gasteiger partial charge is 0.481 e. The van der Waals surface area contributed by atoms with Crippen LogP contribution in [-0.2, 0) is 9.59 Å². The van der Waals surface area contributed by atoms with Crippen LogP contribution in [0.15, 0.2) is 24.3 Å². The molecule has 0 saturated heterocycles. The van der Waals surface area contributed by atoms with Gasteiger partial charge in [-0.05, 0) is 30.4 Å². The Morgan fingerprint density at radius 1 is 1.38 bits per heavy atom. The van der Waals surface area contributed by atoms with Crippen LogP contribution in [0, 0.1) is 5.92 Å². The molecule has 1 unspecified atom stereocenters. The monoisotopic (exact) mass is 290 g/mol. The zero-order chi connectivity index (χ0) is 15.6. The van der Waals surface area contributed by atoms with E-state index in [0.29, 0.717) is 36.6 Å². The molecule has 0 aliphatic carbocycles. The third-order valence-electron chi connectivity index (χ3n) is 3.85. The van der Waals surface area contributed by atoms with Crippen molar-refractivity contribution in [3.05, 3.63) is 29.8 Å². The zero-order valence-corrected chi connectivity index (χ0v) is 12.5. The van der Waals surface area contributed by atoms with Crippen LogP contribution in [0.4, 0.5) is 5.69 Å². The second-order valence-electron chi connectivity index (χ2n) is 5.96. The molecular formula is C16H22N2O3. The van der Waals surface area contributed by atoms with Gasteiger partial charge in [0.15, 0.2) is 0 Å². The summed E-state index contributed by atoms with van der Waals surface area (Å²) in [6.07, 6.45) is 1.05. The number of carbonyl (C=O) groups excluding carboxylic acids is 1. The second-order valence-corrected chi connectivity index (χ2v) is 5.96. The van der Waals surface area contributed by atoms with Gasteiger partial charge in [-0.2, -0.15) is 0 Å². The summed E-state index contributed by atoms with van der Waals surface area (Å²) in [6.45, 7) is 4.45. The van der Waals surface area contributed by atoms with E-state index in [0.717, 1.165) is 0 Å². The fourth-order valence-electron chi connectivity index (χ4n) is 2.86. The van der Waals surface area contributed by atoms with Gasteiger partial charge < -0.3 is 15.7 Å². The van der Waals surface area contributed by atoms with Crippen molar-refractivity contribution in [2.45, 2.75) is 38.6 Å². The first-order valence-electron chi connectivity index (χ1n) is 7.30. The first-order valence-corrected chi connectivity index (χ1v) is 7.30. The topological polar surface area (TPSA) is 83.6 Å². The summed E-state index contributed by atoms with van der Waals surface area (Å²) in [5.41, 5.74) is 7.37. The van der Waals surface area contributed by atoms with E-state index in [9.17, 15) is 14.7 Å². The van der Waals surface area contributed by atoms with Gasteiger partial charge in [0.1, 0.15) is 0 Å². The highest BCUT2D eigenvalue weighted by atomic mass is 16.4. The highest BCUT2D eigenvalue weighted by Crippen LogP contribution is 2.35. The molecule has 0 radical (unpaired) electrons. The normalized spacial score (nSPS) is 19.2. The molecule has 1 aromatic rings. The molecule has 0 spiro atoms. The minimum atomic E-state index is -0.846. The van der Waals surface area contributed by atoms with Crippen LogP contribution in [0.1, 0.15) is 38.2 Å². The molecule has 5 nitrogen and oxygen atoms in total. The van der Waals surface area contributed by atoms with E-state index in [1.54, 1.807) is 23.1 Å². The Balaban J connectivity index is 2.29. The van der Waals surface area contributed by atoms with E-state index in [2.05, 4.69) is 0 Å². The van der Waals surface area contributed by atoms with Crippen molar-refractivity contribution >= 4 is 17.6 Å². The molecule has 5 heteroatoms. The number of fused-ring (bicyclic) bond motifs is 1. The Morgan fingerprint density at radius 3 is 2.67 bits per heavy atom. The molecule has 2 rings (SSSR count). The SMILES string of the molecule is CC(C)C[C@H](N)C(=O)N1CCC(C(=O)O)c2ccccc21. The number of nitrogens with zero attached hydrogens (tertiary/aromatic N) is 1. The number of anilines is 1. The maximum atomic E-state index is 12.5. The number of aliphatic carboxylic acids is 1. The van der Waals surface area contributed by atoms with Gasteiger partial charge >= 0.3 is 5.97 Å². The van der Waals surface area contributed by atoms with E-state index in [1.165, 1.54) is 0 Å². The molecule has 114 valence electrons. The lowest BCUT2D eigenvalue weighted by Gasteiger charge is -2.34. The van der Waals surface area contributed by atoms with Crippen LogP contribution >= 0.6 is 0 Å². The quantitative estimate of drug-likeness (QED) is 0.888. The summed E-state index contributed by atoms with van der Waals surface area (Å²) >= 11 is 0. The number of hydrogen-bond donors (Lipinski definition) is 2. The molecule has 21 heavy (non-hydrogen) atoms. The molecule has 1 amide bonds. The van der Waals surface area contributed by atoms with Crippen molar-refractivity contribution in [3.8, 4) is 0 Å². The lowest BCUT2D eigenvalue weighted by Crippen LogP contribution is -2.47. The molecule has 1 aromatic carbocycles. The van der Waals surface area contributed by atoms with Crippen LogP contribution in [0.2, 0.25) is 0 Å². The number of rotatable bonds is 4. The number of benzene rings is 1. The summed E-state index contributed by atoms with van der Waals surface area (Å²) < 4.78 is 0. The molecule has 0 bridgehead atoms. The van der Waals surface area contributed by atoms with Gasteiger partial charge in [-0.1, -0.05) is 32.0 Å².